The summed E-state index contributed by atoms with van der Waals surface area (Å²) in [5.41, 5.74) is 0. The Morgan fingerprint density at radius 1 is 0.476 bits per heavy atom. The van der Waals surface area contributed by atoms with Gasteiger partial charge in [-0.15, -0.1) is 0 Å². The van der Waals surface area contributed by atoms with E-state index in [0.717, 1.165) is 24.2 Å². The van der Waals surface area contributed by atoms with E-state index in [9.17, 15) is 0 Å². The van der Waals surface area contributed by atoms with Crippen LogP contribution in [-0.2, 0) is 0 Å². The van der Waals surface area contributed by atoms with Gasteiger partial charge in [-0.2, -0.15) is 0 Å². The quantitative estimate of drug-likeness (QED) is 0.141. The van der Waals surface area contributed by atoms with Crippen LogP contribution >= 0.6 is 0 Å². The van der Waals surface area contributed by atoms with Crippen LogP contribution in [0.3, 0.4) is 0 Å². The van der Waals surface area contributed by atoms with Crippen LogP contribution in [0.4, 0.5) is 0 Å². The fourth-order valence-corrected chi connectivity index (χ4v) is 24.1. The third-order valence-electron chi connectivity index (χ3n) is 12.3. The van der Waals surface area contributed by atoms with Crippen molar-refractivity contribution in [3.8, 4) is 0 Å². The molecule has 4 saturated carbocycles. The van der Waals surface area contributed by atoms with Gasteiger partial charge >= 0.3 is 270 Å². The fourth-order valence-electron chi connectivity index (χ4n) is 9.83. The summed E-state index contributed by atoms with van der Waals surface area (Å²) in [7, 11) is 0. The summed E-state index contributed by atoms with van der Waals surface area (Å²) >= 11 is -2.40. The van der Waals surface area contributed by atoms with Crippen LogP contribution in [0.2, 0.25) is 13.3 Å². The number of nitrogens with zero attached hydrogens (tertiary/aromatic N) is 2. The first-order chi connectivity index (χ1) is 20.7. The van der Waals surface area contributed by atoms with Crippen molar-refractivity contribution in [2.45, 2.75) is 225 Å². The maximum atomic E-state index is 3.29. The number of rotatable bonds is 17. The summed E-state index contributed by atoms with van der Waals surface area (Å²) < 4.78 is 7.98. The second-order valence-electron chi connectivity index (χ2n) is 15.5. The molecule has 0 aromatic heterocycles. The van der Waals surface area contributed by atoms with Gasteiger partial charge in [-0.3, -0.25) is 0 Å². The summed E-state index contributed by atoms with van der Waals surface area (Å²) in [6.07, 6.45) is 38.1. The SMILES string of the molecule is CCC[CH2][Sn]([CH]=CB(N(C1CCCCC1)C1CCCCC1)N(C1CCCCC1)C1CCCCC1)([CH2]CCC)[CH2]CCC. The van der Waals surface area contributed by atoms with Crippen molar-refractivity contribution < 1.29 is 0 Å². The zero-order chi connectivity index (χ0) is 29.5. The molecule has 4 aliphatic carbocycles. The van der Waals surface area contributed by atoms with Crippen molar-refractivity contribution in [1.82, 2.24) is 9.62 Å². The Morgan fingerprint density at radius 3 is 1.02 bits per heavy atom. The minimum atomic E-state index is -2.40. The van der Waals surface area contributed by atoms with Crippen LogP contribution in [0.5, 0.6) is 0 Å². The second-order valence-corrected chi connectivity index (χ2v) is 28.5. The van der Waals surface area contributed by atoms with Gasteiger partial charge in [-0.25, -0.2) is 0 Å². The Hall–Kier alpha value is 0.524. The minimum absolute atomic E-state index is 0.586. The summed E-state index contributed by atoms with van der Waals surface area (Å²) in [5, 5.41) is 0. The van der Waals surface area contributed by atoms with Crippen LogP contribution in [0, 0.1) is 0 Å². The molecule has 0 aromatic rings. The third kappa shape index (κ3) is 10.5. The van der Waals surface area contributed by atoms with Gasteiger partial charge in [0.15, 0.2) is 0 Å². The number of hydrogen-bond donors (Lipinski definition) is 0. The topological polar surface area (TPSA) is 6.48 Å². The summed E-state index contributed by atoms with van der Waals surface area (Å²) in [6.45, 7) is 7.93. The van der Waals surface area contributed by atoms with E-state index in [1.54, 1.807) is 13.3 Å². The zero-order valence-electron chi connectivity index (χ0n) is 28.9. The molecule has 4 heteroatoms. The Balaban J connectivity index is 1.78. The molecular weight excluding hydrogens is 614 g/mol. The standard InChI is InChI=1S/C26H46BN2.3C4H9.Sn/c1-2-27(28(23-15-7-3-8-16-23)24-17-9-4-10-18-24)29(25-19-11-5-12-20-25)26-21-13-6-14-22-26;3*1-3-4-2;/h1-2,23-26H,3-22H2;3*1,3-4H2,2H3;. The van der Waals surface area contributed by atoms with E-state index < -0.39 is 18.4 Å². The van der Waals surface area contributed by atoms with Crippen molar-refractivity contribution in [2.75, 3.05) is 0 Å². The first-order valence-corrected chi connectivity index (χ1v) is 27.7. The molecule has 0 radical (unpaired) electrons. The molecule has 0 atom stereocenters. The van der Waals surface area contributed by atoms with Crippen molar-refractivity contribution >= 4 is 25.4 Å². The molecule has 0 unspecified atom stereocenters. The molecule has 2 nitrogen and oxygen atoms in total. The van der Waals surface area contributed by atoms with E-state index in [-0.39, 0.29) is 0 Å². The second kappa shape index (κ2) is 19.9. The van der Waals surface area contributed by atoms with Crippen molar-refractivity contribution in [3.63, 3.8) is 0 Å². The van der Waals surface area contributed by atoms with E-state index in [1.807, 2.05) is 0 Å². The summed E-state index contributed by atoms with van der Waals surface area (Å²) in [6, 6.07) is 3.32. The average molecular weight is 688 g/mol. The molecule has 0 bridgehead atoms. The monoisotopic (exact) mass is 688 g/mol. The van der Waals surface area contributed by atoms with Gasteiger partial charge in [-0.05, 0) is 0 Å². The van der Waals surface area contributed by atoms with Crippen molar-refractivity contribution in [3.05, 3.63) is 10.1 Å². The molecule has 0 aromatic carbocycles. The molecule has 0 saturated heterocycles. The van der Waals surface area contributed by atoms with Crippen LogP contribution in [0.15, 0.2) is 10.1 Å². The zero-order valence-corrected chi connectivity index (χ0v) is 31.8. The predicted molar refractivity (Wildman–Crippen MR) is 191 cm³/mol. The number of hydrogen-bond acceptors (Lipinski definition) is 2. The molecule has 0 amide bonds. The van der Waals surface area contributed by atoms with E-state index in [4.69, 9.17) is 0 Å². The Morgan fingerprint density at radius 2 is 0.762 bits per heavy atom. The average Bonchev–Trinajstić information content (AvgIpc) is 3.06. The van der Waals surface area contributed by atoms with Crippen LogP contribution in [0.1, 0.15) is 188 Å². The summed E-state index contributed by atoms with van der Waals surface area (Å²) in [5.74, 6) is 3.02. The third-order valence-corrected chi connectivity index (χ3v) is 26.4. The molecule has 4 rings (SSSR count). The van der Waals surface area contributed by atoms with Gasteiger partial charge in [0.2, 0.25) is 0 Å². The molecule has 242 valence electrons. The van der Waals surface area contributed by atoms with E-state index in [2.05, 4.69) is 40.5 Å². The molecule has 0 aliphatic heterocycles. The Labute approximate surface area is 269 Å². The number of unbranched alkanes of at least 4 members (excludes halogenated alkanes) is 3. The normalized spacial score (nSPS) is 23.0. The molecule has 0 N–H and O–H groups in total. The fraction of sp³-hybridized carbons (Fsp3) is 0.947. The van der Waals surface area contributed by atoms with Gasteiger partial charge in [0.1, 0.15) is 0 Å². The van der Waals surface area contributed by atoms with Crippen LogP contribution < -0.4 is 0 Å². The van der Waals surface area contributed by atoms with Crippen LogP contribution in [-0.4, -0.2) is 59.1 Å². The molecule has 4 fully saturated rings. The molecule has 42 heavy (non-hydrogen) atoms. The van der Waals surface area contributed by atoms with E-state index >= 15 is 0 Å². The molecule has 0 heterocycles. The molecular formula is C38H73BN2Sn. The first kappa shape index (κ1) is 35.4. The van der Waals surface area contributed by atoms with Gasteiger partial charge in [0.05, 0.1) is 0 Å². The molecule has 4 aliphatic rings. The first-order valence-electron chi connectivity index (χ1n) is 20.0. The van der Waals surface area contributed by atoms with E-state index in [0.29, 0.717) is 6.98 Å². The molecule has 0 spiro atoms. The van der Waals surface area contributed by atoms with Crippen molar-refractivity contribution in [1.29, 1.82) is 0 Å². The van der Waals surface area contributed by atoms with Crippen molar-refractivity contribution in [2.24, 2.45) is 0 Å². The predicted octanol–water partition coefficient (Wildman–Crippen LogP) is 11.9. The summed E-state index contributed by atoms with van der Waals surface area (Å²) in [4.78, 5) is 6.57. The van der Waals surface area contributed by atoms with Crippen LogP contribution in [0.25, 0.3) is 0 Å². The Bertz CT molecular complexity index is 621. The maximum absolute atomic E-state index is 3.29. The van der Waals surface area contributed by atoms with Gasteiger partial charge in [0.25, 0.3) is 0 Å². The van der Waals surface area contributed by atoms with Gasteiger partial charge in [0, 0.05) is 0 Å². The van der Waals surface area contributed by atoms with E-state index in [1.165, 1.54) is 167 Å². The van der Waals surface area contributed by atoms with Gasteiger partial charge in [-0.1, -0.05) is 0 Å². The van der Waals surface area contributed by atoms with Gasteiger partial charge < -0.3 is 0 Å². The Kier molecular flexibility index (Phi) is 16.8.